The molecule has 0 bridgehead atoms. The summed E-state index contributed by atoms with van der Waals surface area (Å²) in [5, 5.41) is 0. The highest BCUT2D eigenvalue weighted by molar-refractivity contribution is 6.06. The van der Waals surface area contributed by atoms with E-state index in [0.717, 1.165) is 55.6 Å². The largest absolute Gasteiger partial charge is 0.369 e. The van der Waals surface area contributed by atoms with Gasteiger partial charge in [-0.25, -0.2) is 4.99 Å². The summed E-state index contributed by atoms with van der Waals surface area (Å²) in [5.41, 5.74) is 14.8. The molecule has 2 aliphatic heterocycles. The zero-order valence-electron chi connectivity index (χ0n) is 15.2. The fourth-order valence-electron chi connectivity index (χ4n) is 4.48. The van der Waals surface area contributed by atoms with E-state index < -0.39 is 5.66 Å². The molecule has 138 valence electrons. The minimum absolute atomic E-state index is 0.195. The zero-order valence-corrected chi connectivity index (χ0v) is 15.2. The van der Waals surface area contributed by atoms with Gasteiger partial charge in [0.15, 0.2) is 0 Å². The molecule has 1 aliphatic carbocycles. The highest BCUT2D eigenvalue weighted by atomic mass is 16.2. The first-order valence-electron chi connectivity index (χ1n) is 9.41. The number of carbonyl (C=O) groups is 1. The summed E-state index contributed by atoms with van der Waals surface area (Å²) in [6.45, 7) is 2.82. The summed E-state index contributed by atoms with van der Waals surface area (Å²) < 4.78 is 0. The van der Waals surface area contributed by atoms with E-state index in [0.29, 0.717) is 12.4 Å². The van der Waals surface area contributed by atoms with Crippen molar-refractivity contribution in [1.82, 2.24) is 0 Å². The normalized spacial score (nSPS) is 22.6. The van der Waals surface area contributed by atoms with Gasteiger partial charge >= 0.3 is 0 Å². The van der Waals surface area contributed by atoms with E-state index in [1.54, 1.807) is 0 Å². The maximum atomic E-state index is 12.1. The van der Waals surface area contributed by atoms with Crippen molar-refractivity contribution in [2.45, 2.75) is 57.5 Å². The first kappa shape index (κ1) is 16.9. The van der Waals surface area contributed by atoms with Gasteiger partial charge in [-0.05, 0) is 62.8 Å². The van der Waals surface area contributed by atoms with Crippen LogP contribution in [0.5, 0.6) is 0 Å². The number of nitrogens with zero attached hydrogens (tertiary/aromatic N) is 4. The average Bonchev–Trinajstić information content (AvgIpc) is 3.01. The van der Waals surface area contributed by atoms with E-state index in [1.807, 2.05) is 28.9 Å². The van der Waals surface area contributed by atoms with Crippen LogP contribution in [-0.4, -0.2) is 30.0 Å². The van der Waals surface area contributed by atoms with Crippen molar-refractivity contribution in [1.29, 1.82) is 0 Å². The Morgan fingerprint density at radius 2 is 1.88 bits per heavy atom. The molecule has 0 aromatic heterocycles. The number of carbonyl (C=O) groups excluding carboxylic acids is 1. The number of hydrogen-bond donors (Lipinski definition) is 2. The van der Waals surface area contributed by atoms with Crippen molar-refractivity contribution in [2.75, 3.05) is 16.3 Å². The molecule has 2 heterocycles. The van der Waals surface area contributed by atoms with Crippen LogP contribution in [0.15, 0.2) is 28.2 Å². The summed E-state index contributed by atoms with van der Waals surface area (Å²) in [4.78, 5) is 24.9. The summed E-state index contributed by atoms with van der Waals surface area (Å²) in [6.07, 6.45) is 6.77. The number of aliphatic imine (C=N–C) groups is 2. The van der Waals surface area contributed by atoms with Crippen LogP contribution in [0.25, 0.3) is 0 Å². The molecule has 3 aliphatic rings. The second-order valence-electron chi connectivity index (χ2n) is 7.44. The summed E-state index contributed by atoms with van der Waals surface area (Å²) in [5.74, 6) is 0.849. The third-order valence-electron chi connectivity index (χ3n) is 5.65. The highest BCUT2D eigenvalue weighted by Crippen LogP contribution is 2.40. The number of nitrogens with two attached hydrogens (primary N) is 2. The van der Waals surface area contributed by atoms with Gasteiger partial charge in [-0.1, -0.05) is 6.42 Å². The third kappa shape index (κ3) is 2.71. The highest BCUT2D eigenvalue weighted by Gasteiger charge is 2.42. The van der Waals surface area contributed by atoms with Gasteiger partial charge in [0.1, 0.15) is 5.66 Å². The van der Waals surface area contributed by atoms with Gasteiger partial charge in [0.25, 0.3) is 0 Å². The summed E-state index contributed by atoms with van der Waals surface area (Å²) in [6, 6.07) is 6.11. The minimum atomic E-state index is -0.439. The number of guanidine groups is 2. The average molecular weight is 354 g/mol. The fraction of sp³-hybridized carbons (Fsp3) is 0.526. The molecule has 1 saturated heterocycles. The van der Waals surface area contributed by atoms with Crippen molar-refractivity contribution in [3.05, 3.63) is 23.8 Å². The lowest BCUT2D eigenvalue weighted by Crippen LogP contribution is -2.58. The molecule has 2 fully saturated rings. The molecule has 0 atom stereocenters. The van der Waals surface area contributed by atoms with Crippen molar-refractivity contribution in [2.24, 2.45) is 21.5 Å². The Morgan fingerprint density at radius 1 is 1.12 bits per heavy atom. The number of benzene rings is 1. The Morgan fingerprint density at radius 3 is 2.54 bits per heavy atom. The van der Waals surface area contributed by atoms with Gasteiger partial charge < -0.3 is 16.4 Å². The molecule has 1 aromatic carbocycles. The Labute approximate surface area is 153 Å². The molecule has 0 radical (unpaired) electrons. The van der Waals surface area contributed by atoms with Crippen molar-refractivity contribution in [3.63, 3.8) is 0 Å². The maximum Gasteiger partial charge on any atom is 0.227 e. The van der Waals surface area contributed by atoms with Gasteiger partial charge in [-0.2, -0.15) is 4.99 Å². The van der Waals surface area contributed by atoms with Gasteiger partial charge in [-0.3, -0.25) is 9.69 Å². The summed E-state index contributed by atoms with van der Waals surface area (Å²) in [7, 11) is 0. The fourth-order valence-corrected chi connectivity index (χ4v) is 4.48. The first-order chi connectivity index (χ1) is 12.5. The first-order valence-corrected chi connectivity index (χ1v) is 9.41. The molecule has 7 heteroatoms. The molecule has 1 spiro atoms. The predicted molar refractivity (Wildman–Crippen MR) is 104 cm³/mol. The predicted octanol–water partition coefficient (Wildman–Crippen LogP) is 2.23. The molecule has 1 saturated carbocycles. The molecule has 4 N–H and O–H groups in total. The van der Waals surface area contributed by atoms with Crippen LogP contribution in [0, 0.1) is 6.92 Å². The molecule has 4 rings (SSSR count). The van der Waals surface area contributed by atoms with Crippen LogP contribution in [-0.2, 0) is 4.79 Å². The van der Waals surface area contributed by atoms with E-state index in [1.165, 1.54) is 6.42 Å². The van der Waals surface area contributed by atoms with Gasteiger partial charge in [-0.15, -0.1) is 0 Å². The smallest absolute Gasteiger partial charge is 0.227 e. The molecular weight excluding hydrogens is 328 g/mol. The van der Waals surface area contributed by atoms with Crippen LogP contribution in [0.1, 0.15) is 50.5 Å². The third-order valence-corrected chi connectivity index (χ3v) is 5.65. The number of hydrogen-bond acceptors (Lipinski definition) is 6. The second-order valence-corrected chi connectivity index (χ2v) is 7.44. The molecule has 1 aromatic rings. The lowest BCUT2D eigenvalue weighted by molar-refractivity contribution is -0.117. The Kier molecular flexibility index (Phi) is 4.09. The second kappa shape index (κ2) is 6.30. The van der Waals surface area contributed by atoms with E-state index in [-0.39, 0.29) is 11.9 Å². The van der Waals surface area contributed by atoms with Crippen LogP contribution < -0.4 is 21.3 Å². The molecule has 1 amide bonds. The molecule has 0 unspecified atom stereocenters. The quantitative estimate of drug-likeness (QED) is 0.850. The van der Waals surface area contributed by atoms with Crippen LogP contribution in [0.4, 0.5) is 11.4 Å². The van der Waals surface area contributed by atoms with Crippen molar-refractivity contribution in [3.8, 4) is 0 Å². The minimum Gasteiger partial charge on any atom is -0.369 e. The van der Waals surface area contributed by atoms with Crippen molar-refractivity contribution < 1.29 is 4.79 Å². The van der Waals surface area contributed by atoms with Gasteiger partial charge in [0.2, 0.25) is 17.8 Å². The van der Waals surface area contributed by atoms with E-state index >= 15 is 0 Å². The van der Waals surface area contributed by atoms with Crippen LogP contribution in [0.2, 0.25) is 0 Å². The van der Waals surface area contributed by atoms with E-state index in [9.17, 15) is 4.79 Å². The zero-order chi connectivity index (χ0) is 18.3. The topological polar surface area (TPSA) is 100 Å². The van der Waals surface area contributed by atoms with E-state index in [4.69, 9.17) is 16.5 Å². The lowest BCUT2D eigenvalue weighted by Gasteiger charge is -2.45. The molecular formula is C19H26N6O. The standard InChI is InChI=1S/C19H26N6O/c1-13-12-14(7-8-15(13)24-11-5-6-16(24)26)25-18(21)22-17(20)23-19(25)9-3-2-4-10-19/h7-8,12H,2-6,9-11H2,1H3,(H4,20,21,22,23). The number of aryl methyl sites for hydroxylation is 1. The van der Waals surface area contributed by atoms with Gasteiger partial charge in [0.05, 0.1) is 0 Å². The van der Waals surface area contributed by atoms with E-state index in [2.05, 4.69) is 11.1 Å². The Balaban J connectivity index is 1.72. The monoisotopic (exact) mass is 354 g/mol. The molecule has 26 heavy (non-hydrogen) atoms. The van der Waals surface area contributed by atoms with Gasteiger partial charge in [0, 0.05) is 24.3 Å². The number of amides is 1. The number of anilines is 2. The Hall–Kier alpha value is -2.57. The van der Waals surface area contributed by atoms with Crippen LogP contribution >= 0.6 is 0 Å². The maximum absolute atomic E-state index is 12.1. The lowest BCUT2D eigenvalue weighted by atomic mass is 9.87. The van der Waals surface area contributed by atoms with Crippen molar-refractivity contribution >= 4 is 29.2 Å². The molecule has 7 nitrogen and oxygen atoms in total. The van der Waals surface area contributed by atoms with Crippen LogP contribution in [0.3, 0.4) is 0 Å². The SMILES string of the molecule is Cc1cc(N2C(N)=NC(N)=NC23CCCCC3)ccc1N1CCCC1=O. The number of rotatable bonds is 2. The summed E-state index contributed by atoms with van der Waals surface area (Å²) >= 11 is 0. The Bertz CT molecular complexity index is 793.